The second kappa shape index (κ2) is 5.26. The molecule has 0 saturated carbocycles. The van der Waals surface area contributed by atoms with E-state index in [0.29, 0.717) is 17.7 Å². The molecule has 0 bridgehead atoms. The number of aromatic carboxylic acids is 1. The van der Waals surface area contributed by atoms with Crippen molar-refractivity contribution >= 4 is 33.9 Å². The number of anilines is 1. The Morgan fingerprint density at radius 3 is 2.75 bits per heavy atom. The first kappa shape index (κ1) is 12.6. The number of nitrogens with zero attached hydrogens (tertiary/aromatic N) is 2. The smallest absolute Gasteiger partial charge is 0.337 e. The summed E-state index contributed by atoms with van der Waals surface area (Å²) in [6.45, 7) is 0.619. The molecule has 5 nitrogen and oxygen atoms in total. The lowest BCUT2D eigenvalue weighted by atomic mass is 10.1. The number of carboxylic acid groups (broad SMARTS) is 1. The zero-order chi connectivity index (χ0) is 13.9. The van der Waals surface area contributed by atoms with Gasteiger partial charge < -0.3 is 10.4 Å². The lowest BCUT2D eigenvalue weighted by molar-refractivity contribution is 0.0698. The zero-order valence-electron chi connectivity index (χ0n) is 10.4. The van der Waals surface area contributed by atoms with Gasteiger partial charge in [-0.05, 0) is 0 Å². The fraction of sp³-hybridized carbons (Fsp3) is 0.0714. The van der Waals surface area contributed by atoms with E-state index >= 15 is 0 Å². The van der Waals surface area contributed by atoms with E-state index in [9.17, 15) is 9.90 Å². The minimum Gasteiger partial charge on any atom is -0.478 e. The van der Waals surface area contributed by atoms with Crippen molar-refractivity contribution in [1.82, 2.24) is 9.97 Å². The van der Waals surface area contributed by atoms with Gasteiger partial charge in [0.05, 0.1) is 17.6 Å². The summed E-state index contributed by atoms with van der Waals surface area (Å²) in [7, 11) is 0. The van der Waals surface area contributed by atoms with Gasteiger partial charge in [0.25, 0.3) is 0 Å². The minimum atomic E-state index is -0.970. The molecule has 0 atom stereocenters. The minimum absolute atomic E-state index is 0.212. The van der Waals surface area contributed by atoms with Crippen LogP contribution in [0.15, 0.2) is 42.2 Å². The summed E-state index contributed by atoms with van der Waals surface area (Å²) in [6.07, 6.45) is 3.19. The van der Waals surface area contributed by atoms with Crippen LogP contribution < -0.4 is 5.32 Å². The second-order valence-corrected chi connectivity index (χ2v) is 5.16. The number of rotatable bonds is 4. The number of hydrogen-bond donors (Lipinski definition) is 2. The van der Waals surface area contributed by atoms with Gasteiger partial charge in [0, 0.05) is 28.0 Å². The predicted octanol–water partition coefficient (Wildman–Crippen LogP) is 3.00. The highest BCUT2D eigenvalue weighted by Gasteiger charge is 2.12. The van der Waals surface area contributed by atoms with Crippen LogP contribution in [-0.4, -0.2) is 21.0 Å². The van der Waals surface area contributed by atoms with Crippen molar-refractivity contribution in [3.63, 3.8) is 0 Å². The molecule has 0 aliphatic heterocycles. The first-order valence-electron chi connectivity index (χ1n) is 5.98. The first-order chi connectivity index (χ1) is 9.75. The van der Waals surface area contributed by atoms with E-state index in [-0.39, 0.29) is 5.56 Å². The summed E-state index contributed by atoms with van der Waals surface area (Å²) in [5.41, 5.74) is 1.99. The number of aromatic nitrogens is 2. The van der Waals surface area contributed by atoms with E-state index in [4.69, 9.17) is 0 Å². The second-order valence-electron chi connectivity index (χ2n) is 4.19. The molecule has 2 N–H and O–H groups in total. The highest BCUT2D eigenvalue weighted by atomic mass is 32.1. The van der Waals surface area contributed by atoms with Crippen molar-refractivity contribution < 1.29 is 9.90 Å². The third kappa shape index (κ3) is 2.33. The van der Waals surface area contributed by atoms with E-state index < -0.39 is 5.97 Å². The Labute approximate surface area is 118 Å². The van der Waals surface area contributed by atoms with E-state index in [0.717, 1.165) is 10.3 Å². The Morgan fingerprint density at radius 1 is 1.25 bits per heavy atom. The summed E-state index contributed by atoms with van der Waals surface area (Å²) in [5, 5.41) is 13.9. The zero-order valence-corrected chi connectivity index (χ0v) is 11.2. The maximum Gasteiger partial charge on any atom is 0.337 e. The number of thiazole rings is 1. The van der Waals surface area contributed by atoms with Crippen molar-refractivity contribution in [3.8, 4) is 0 Å². The van der Waals surface area contributed by atoms with Gasteiger partial charge in [-0.1, -0.05) is 24.3 Å². The van der Waals surface area contributed by atoms with Crippen molar-refractivity contribution in [2.45, 2.75) is 6.54 Å². The number of nitrogens with one attached hydrogen (secondary N) is 1. The maximum atomic E-state index is 11.2. The van der Waals surface area contributed by atoms with E-state index in [1.165, 1.54) is 6.20 Å². The van der Waals surface area contributed by atoms with Gasteiger partial charge in [0.1, 0.15) is 5.82 Å². The van der Waals surface area contributed by atoms with Crippen LogP contribution in [0.2, 0.25) is 0 Å². The highest BCUT2D eigenvalue weighted by Crippen LogP contribution is 2.25. The standard InChI is InChI=1S/C14H11N3O2S/c18-14(19)12-7-17-13(11-4-2-1-3-10(11)12)16-6-9-5-15-8-20-9/h1-5,7-8H,6H2,(H,16,17)(H,18,19). The molecule has 0 aliphatic carbocycles. The molecule has 0 spiro atoms. The first-order valence-corrected chi connectivity index (χ1v) is 6.86. The van der Waals surface area contributed by atoms with Gasteiger partial charge >= 0.3 is 5.97 Å². The third-order valence-electron chi connectivity index (χ3n) is 2.94. The van der Waals surface area contributed by atoms with Crippen LogP contribution in [0.4, 0.5) is 5.82 Å². The summed E-state index contributed by atoms with van der Waals surface area (Å²) in [4.78, 5) is 20.5. The Kier molecular flexibility index (Phi) is 3.30. The Balaban J connectivity index is 1.99. The molecule has 1 aromatic carbocycles. The van der Waals surface area contributed by atoms with Crippen LogP contribution in [0.3, 0.4) is 0 Å². The van der Waals surface area contributed by atoms with Gasteiger partial charge in [-0.2, -0.15) is 0 Å². The molecule has 0 amide bonds. The molecule has 0 fully saturated rings. The van der Waals surface area contributed by atoms with Gasteiger partial charge in [-0.25, -0.2) is 9.78 Å². The molecule has 6 heteroatoms. The fourth-order valence-electron chi connectivity index (χ4n) is 2.00. The highest BCUT2D eigenvalue weighted by molar-refractivity contribution is 7.09. The number of hydrogen-bond acceptors (Lipinski definition) is 5. The van der Waals surface area contributed by atoms with Crippen molar-refractivity contribution in [2.24, 2.45) is 0 Å². The number of benzene rings is 1. The Hall–Kier alpha value is -2.47. The molecule has 3 rings (SSSR count). The summed E-state index contributed by atoms with van der Waals surface area (Å²) < 4.78 is 0. The number of carbonyl (C=O) groups is 1. The molecule has 0 radical (unpaired) electrons. The molecule has 100 valence electrons. The van der Waals surface area contributed by atoms with Gasteiger partial charge in [0.15, 0.2) is 0 Å². The molecule has 0 unspecified atom stereocenters. The Morgan fingerprint density at radius 2 is 2.05 bits per heavy atom. The lowest BCUT2D eigenvalue weighted by Crippen LogP contribution is -2.04. The largest absolute Gasteiger partial charge is 0.478 e. The van der Waals surface area contributed by atoms with Gasteiger partial charge in [0.2, 0.25) is 0 Å². The van der Waals surface area contributed by atoms with Crippen molar-refractivity contribution in [3.05, 3.63) is 52.6 Å². The monoisotopic (exact) mass is 285 g/mol. The summed E-state index contributed by atoms with van der Waals surface area (Å²) in [5.74, 6) is -0.290. The predicted molar refractivity (Wildman–Crippen MR) is 78.1 cm³/mol. The molecule has 3 aromatic rings. The van der Waals surface area contributed by atoms with E-state index in [1.54, 1.807) is 29.1 Å². The fourth-order valence-corrected chi connectivity index (χ4v) is 2.54. The van der Waals surface area contributed by atoms with Crippen LogP contribution >= 0.6 is 11.3 Å². The van der Waals surface area contributed by atoms with Crippen LogP contribution in [0.1, 0.15) is 15.2 Å². The average molecular weight is 285 g/mol. The molecule has 2 heterocycles. The van der Waals surface area contributed by atoms with E-state index in [2.05, 4.69) is 15.3 Å². The molecular weight excluding hydrogens is 274 g/mol. The quantitative estimate of drug-likeness (QED) is 0.770. The van der Waals surface area contributed by atoms with Crippen molar-refractivity contribution in [1.29, 1.82) is 0 Å². The normalized spacial score (nSPS) is 10.6. The van der Waals surface area contributed by atoms with Crippen LogP contribution in [0.5, 0.6) is 0 Å². The maximum absolute atomic E-state index is 11.2. The third-order valence-corrected chi connectivity index (χ3v) is 3.72. The summed E-state index contributed by atoms with van der Waals surface area (Å²) >= 11 is 1.56. The SMILES string of the molecule is O=C(O)c1cnc(NCc2cncs2)c2ccccc12. The molecule has 20 heavy (non-hydrogen) atoms. The molecule has 2 aromatic heterocycles. The molecule has 0 aliphatic rings. The van der Waals surface area contributed by atoms with Crippen LogP contribution in [0.25, 0.3) is 10.8 Å². The van der Waals surface area contributed by atoms with Crippen molar-refractivity contribution in [2.75, 3.05) is 5.32 Å². The molecular formula is C14H11N3O2S. The topological polar surface area (TPSA) is 75.1 Å². The Bertz CT molecular complexity index is 756. The lowest BCUT2D eigenvalue weighted by Gasteiger charge is -2.09. The van der Waals surface area contributed by atoms with Gasteiger partial charge in [-0.15, -0.1) is 11.3 Å². The van der Waals surface area contributed by atoms with Crippen LogP contribution in [0, 0.1) is 0 Å². The van der Waals surface area contributed by atoms with Crippen LogP contribution in [-0.2, 0) is 6.54 Å². The number of fused-ring (bicyclic) bond motifs is 1. The molecule has 0 saturated heterocycles. The average Bonchev–Trinajstić information content (AvgIpc) is 2.97. The summed E-state index contributed by atoms with van der Waals surface area (Å²) in [6, 6.07) is 7.34. The van der Waals surface area contributed by atoms with E-state index in [1.807, 2.05) is 18.2 Å². The number of pyridine rings is 1. The number of carboxylic acids is 1. The van der Waals surface area contributed by atoms with Gasteiger partial charge in [-0.3, -0.25) is 4.98 Å².